The zero-order chi connectivity index (χ0) is 15.5. The molecule has 0 radical (unpaired) electrons. The van der Waals surface area contributed by atoms with E-state index in [2.05, 4.69) is 16.0 Å². The summed E-state index contributed by atoms with van der Waals surface area (Å²) in [4.78, 5) is 23.4. The fourth-order valence-corrected chi connectivity index (χ4v) is 2.66. The number of hydrogen-bond donors (Lipinski definition) is 3. The quantitative estimate of drug-likeness (QED) is 0.676. The summed E-state index contributed by atoms with van der Waals surface area (Å²) in [5, 5.41) is 16.9. The summed E-state index contributed by atoms with van der Waals surface area (Å²) in [6.07, 6.45) is -0.0363. The minimum atomic E-state index is -2.86. The maximum absolute atomic E-state index is 13.3. The van der Waals surface area contributed by atoms with E-state index in [-0.39, 0.29) is 31.2 Å². The zero-order valence-corrected chi connectivity index (χ0v) is 11.5. The number of hydrogen-bond acceptors (Lipinski definition) is 4. The van der Waals surface area contributed by atoms with Gasteiger partial charge >= 0.3 is 0 Å². The predicted octanol–water partition coefficient (Wildman–Crippen LogP) is -0.0917. The average molecular weight is 300 g/mol. The summed E-state index contributed by atoms with van der Waals surface area (Å²) >= 11 is 0. The van der Waals surface area contributed by atoms with Gasteiger partial charge in [-0.15, -0.1) is 0 Å². The third-order valence-corrected chi connectivity index (χ3v) is 3.86. The van der Waals surface area contributed by atoms with Gasteiger partial charge in [-0.3, -0.25) is 9.59 Å². The van der Waals surface area contributed by atoms with Crippen LogP contribution < -0.4 is 16.0 Å². The fourth-order valence-electron chi connectivity index (χ4n) is 2.66. The van der Waals surface area contributed by atoms with Crippen molar-refractivity contribution < 1.29 is 18.4 Å². The first-order chi connectivity index (χ1) is 9.91. The fraction of sp³-hybridized carbons (Fsp3) is 0.769. The van der Waals surface area contributed by atoms with Gasteiger partial charge in [0.05, 0.1) is 12.1 Å². The number of amides is 2. The third kappa shape index (κ3) is 4.11. The Labute approximate surface area is 121 Å². The number of nitriles is 1. The maximum atomic E-state index is 13.3. The Bertz CT molecular complexity index is 464. The molecule has 0 spiro atoms. The van der Waals surface area contributed by atoms with E-state index in [1.54, 1.807) is 0 Å². The molecule has 2 fully saturated rings. The van der Waals surface area contributed by atoms with Crippen LogP contribution in [0.15, 0.2) is 0 Å². The van der Waals surface area contributed by atoms with Crippen molar-refractivity contribution in [2.45, 2.75) is 43.7 Å². The topological polar surface area (TPSA) is 94.0 Å². The van der Waals surface area contributed by atoms with Crippen LogP contribution in [-0.2, 0) is 9.59 Å². The van der Waals surface area contributed by atoms with E-state index in [0.717, 1.165) is 0 Å². The van der Waals surface area contributed by atoms with Crippen LogP contribution in [0.5, 0.6) is 0 Å². The summed E-state index contributed by atoms with van der Waals surface area (Å²) in [6.45, 7) is 0.624. The molecule has 0 aromatic carbocycles. The normalized spacial score (nSPS) is 29.3. The number of nitrogens with zero attached hydrogens (tertiary/aromatic N) is 1. The highest BCUT2D eigenvalue weighted by atomic mass is 19.3. The van der Waals surface area contributed by atoms with Crippen LogP contribution in [-0.4, -0.2) is 42.9 Å². The van der Waals surface area contributed by atoms with Crippen LogP contribution in [0.25, 0.3) is 0 Å². The summed E-state index contributed by atoms with van der Waals surface area (Å²) in [7, 11) is 0. The van der Waals surface area contributed by atoms with Crippen molar-refractivity contribution in [3.63, 3.8) is 0 Å². The van der Waals surface area contributed by atoms with Crippen molar-refractivity contribution in [2.75, 3.05) is 13.1 Å². The molecule has 0 unspecified atom stereocenters. The number of nitrogens with one attached hydrogen (secondary N) is 3. The Morgan fingerprint density at radius 3 is 2.86 bits per heavy atom. The van der Waals surface area contributed by atoms with E-state index in [4.69, 9.17) is 5.26 Å². The molecular formula is C13H18F2N4O2. The van der Waals surface area contributed by atoms with Gasteiger partial charge in [0, 0.05) is 31.8 Å². The van der Waals surface area contributed by atoms with Crippen LogP contribution >= 0.6 is 0 Å². The minimum absolute atomic E-state index is 0.0628. The predicted molar refractivity (Wildman–Crippen MR) is 69.2 cm³/mol. The number of halogens is 2. The molecule has 0 bridgehead atoms. The first kappa shape index (κ1) is 15.6. The van der Waals surface area contributed by atoms with E-state index in [1.165, 1.54) is 0 Å². The van der Waals surface area contributed by atoms with Gasteiger partial charge in [0.15, 0.2) is 0 Å². The summed E-state index contributed by atoms with van der Waals surface area (Å²) in [6, 6.07) is 0.0711. The molecule has 0 aliphatic carbocycles. The molecule has 0 aromatic heterocycles. The highest BCUT2D eigenvalue weighted by Crippen LogP contribution is 2.27. The lowest BCUT2D eigenvalue weighted by Crippen LogP contribution is -2.53. The molecule has 3 atom stereocenters. The molecule has 8 heteroatoms. The van der Waals surface area contributed by atoms with Gasteiger partial charge in [0.25, 0.3) is 5.92 Å². The lowest BCUT2D eigenvalue weighted by atomic mass is 9.97. The lowest BCUT2D eigenvalue weighted by molar-refractivity contribution is -0.129. The number of carbonyl (C=O) groups is 2. The number of piperidine rings is 1. The Hall–Kier alpha value is -1.75. The molecule has 6 nitrogen and oxygen atoms in total. The van der Waals surface area contributed by atoms with Crippen LogP contribution in [0, 0.1) is 17.2 Å². The molecule has 2 aliphatic rings. The van der Waals surface area contributed by atoms with Gasteiger partial charge < -0.3 is 16.0 Å². The zero-order valence-electron chi connectivity index (χ0n) is 11.5. The summed E-state index contributed by atoms with van der Waals surface area (Å²) < 4.78 is 26.6. The first-order valence-corrected chi connectivity index (χ1v) is 7.00. The van der Waals surface area contributed by atoms with E-state index < -0.39 is 30.3 Å². The second-order valence-electron chi connectivity index (χ2n) is 5.52. The van der Waals surface area contributed by atoms with Crippen molar-refractivity contribution in [1.82, 2.24) is 16.0 Å². The molecule has 3 N–H and O–H groups in total. The standard InChI is InChI=1S/C13H18F2N4O2/c14-13(15)2-4-17-10(6-13)12(21)19-9(7-16)5-8-1-3-18-11(8)20/h8-10,17H,1-6H2,(H,18,20)(H,19,21)/t8-,9-,10-/m0/s1. The monoisotopic (exact) mass is 300 g/mol. The highest BCUT2D eigenvalue weighted by molar-refractivity contribution is 5.83. The molecular weight excluding hydrogens is 282 g/mol. The second kappa shape index (κ2) is 6.35. The minimum Gasteiger partial charge on any atom is -0.356 e. The van der Waals surface area contributed by atoms with E-state index in [9.17, 15) is 18.4 Å². The number of alkyl halides is 2. The molecule has 2 heterocycles. The van der Waals surface area contributed by atoms with E-state index >= 15 is 0 Å². The van der Waals surface area contributed by atoms with Gasteiger partial charge in [0.2, 0.25) is 11.8 Å². The molecule has 21 heavy (non-hydrogen) atoms. The highest BCUT2D eigenvalue weighted by Gasteiger charge is 2.39. The van der Waals surface area contributed by atoms with Gasteiger partial charge in [-0.25, -0.2) is 8.78 Å². The SMILES string of the molecule is N#C[C@H](C[C@@H]1CCNC1=O)NC(=O)[C@@H]1CC(F)(F)CCN1. The average Bonchev–Trinajstić information content (AvgIpc) is 2.82. The van der Waals surface area contributed by atoms with Crippen LogP contribution in [0.3, 0.4) is 0 Å². The van der Waals surface area contributed by atoms with E-state index in [0.29, 0.717) is 13.0 Å². The Morgan fingerprint density at radius 2 is 2.29 bits per heavy atom. The molecule has 116 valence electrons. The molecule has 0 aromatic rings. The number of carbonyl (C=O) groups excluding carboxylic acids is 2. The van der Waals surface area contributed by atoms with Crippen LogP contribution in [0.4, 0.5) is 8.78 Å². The molecule has 2 aliphatic heterocycles. The molecule has 2 saturated heterocycles. The largest absolute Gasteiger partial charge is 0.356 e. The Balaban J connectivity index is 1.87. The van der Waals surface area contributed by atoms with Crippen molar-refractivity contribution in [3.05, 3.63) is 0 Å². The van der Waals surface area contributed by atoms with Crippen molar-refractivity contribution in [3.8, 4) is 6.07 Å². The smallest absolute Gasteiger partial charge is 0.251 e. The first-order valence-electron chi connectivity index (χ1n) is 7.00. The maximum Gasteiger partial charge on any atom is 0.251 e. The van der Waals surface area contributed by atoms with Gasteiger partial charge in [-0.05, 0) is 12.8 Å². The second-order valence-corrected chi connectivity index (χ2v) is 5.52. The van der Waals surface area contributed by atoms with Crippen molar-refractivity contribution in [2.24, 2.45) is 5.92 Å². The van der Waals surface area contributed by atoms with E-state index in [1.807, 2.05) is 6.07 Å². The Kier molecular flexibility index (Phi) is 4.73. The van der Waals surface area contributed by atoms with Crippen LogP contribution in [0.2, 0.25) is 0 Å². The summed E-state index contributed by atoms with van der Waals surface area (Å²) in [5.74, 6) is -3.91. The van der Waals surface area contributed by atoms with Gasteiger partial charge in [-0.1, -0.05) is 0 Å². The molecule has 2 amide bonds. The molecule has 0 saturated carbocycles. The van der Waals surface area contributed by atoms with Crippen LogP contribution in [0.1, 0.15) is 25.7 Å². The molecule has 2 rings (SSSR count). The summed E-state index contributed by atoms with van der Waals surface area (Å²) in [5.41, 5.74) is 0. The van der Waals surface area contributed by atoms with Gasteiger partial charge in [-0.2, -0.15) is 5.26 Å². The Morgan fingerprint density at radius 1 is 1.52 bits per heavy atom. The lowest BCUT2D eigenvalue weighted by Gasteiger charge is -2.29. The van der Waals surface area contributed by atoms with Crippen molar-refractivity contribution in [1.29, 1.82) is 5.26 Å². The van der Waals surface area contributed by atoms with Crippen molar-refractivity contribution >= 4 is 11.8 Å². The van der Waals surface area contributed by atoms with Gasteiger partial charge in [0.1, 0.15) is 6.04 Å². The third-order valence-electron chi connectivity index (χ3n) is 3.86. The number of rotatable bonds is 4.